The summed E-state index contributed by atoms with van der Waals surface area (Å²) in [5.41, 5.74) is 1.19. The first kappa shape index (κ1) is 26.3. The lowest BCUT2D eigenvalue weighted by Gasteiger charge is -2.25. The number of carbonyl (C=O) groups is 1. The lowest BCUT2D eigenvalue weighted by Crippen LogP contribution is -2.39. The first-order valence-electron chi connectivity index (χ1n) is 12.1. The van der Waals surface area contributed by atoms with Gasteiger partial charge in [0.1, 0.15) is 5.76 Å². The number of anilines is 1. The molecular weight excluding hydrogens is 494 g/mol. The summed E-state index contributed by atoms with van der Waals surface area (Å²) in [5, 5.41) is 0. The number of rotatable bonds is 9. The molecule has 3 aromatic rings. The number of hydrogen-bond acceptors (Lipinski definition) is 9. The lowest BCUT2D eigenvalue weighted by molar-refractivity contribution is -0.139. The van der Waals surface area contributed by atoms with Crippen LogP contribution in [0.25, 0.3) is 6.08 Å². The zero-order valence-electron chi connectivity index (χ0n) is 21.9. The number of allylic oxidation sites excluding steroid dienone is 1. The molecule has 0 N–H and O–H groups in total. The molecular formula is C27H31N3O6S. The number of ether oxygens (including phenoxy) is 3. The Labute approximate surface area is 218 Å². The predicted molar refractivity (Wildman–Crippen MR) is 142 cm³/mol. The van der Waals surface area contributed by atoms with E-state index in [9.17, 15) is 9.59 Å². The third-order valence-electron chi connectivity index (χ3n) is 6.20. The van der Waals surface area contributed by atoms with Gasteiger partial charge in [0.15, 0.2) is 22.2 Å². The van der Waals surface area contributed by atoms with Crippen molar-refractivity contribution in [1.82, 2.24) is 4.57 Å². The number of furan rings is 1. The van der Waals surface area contributed by atoms with Gasteiger partial charge in [-0.05, 0) is 51.5 Å². The van der Waals surface area contributed by atoms with Crippen molar-refractivity contribution < 1.29 is 23.4 Å². The first-order valence-corrected chi connectivity index (χ1v) is 12.9. The molecule has 9 nitrogen and oxygen atoms in total. The molecule has 3 heterocycles. The highest BCUT2D eigenvalue weighted by Crippen LogP contribution is 2.36. The monoisotopic (exact) mass is 525 g/mol. The Bertz CT molecular complexity index is 1510. The number of methoxy groups -OCH3 is 2. The zero-order valence-corrected chi connectivity index (χ0v) is 22.7. The standard InChI is InChI=1S/C27H31N3O6S/c1-7-29(8-2)22-13-11-18(36-22)15-21-25(31)30-24(17-10-12-19(33-5)20(14-17)34-6)23(26(32)35-9-3)16(4)28-27(30)37-21/h10-15,24H,7-9H2,1-6H3/b21-15-/t24-/m0/s1. The largest absolute Gasteiger partial charge is 0.493 e. The SMILES string of the molecule is CCOC(=O)C1=C(C)N=c2s/c(=C\c3ccc(N(CC)CC)o3)c(=O)n2[C@H]1c1ccc(OC)c(OC)c1. The maximum absolute atomic E-state index is 13.8. The third kappa shape index (κ3) is 4.93. The van der Waals surface area contributed by atoms with Crippen LogP contribution in [0, 0.1) is 0 Å². The molecule has 10 heteroatoms. The highest BCUT2D eigenvalue weighted by molar-refractivity contribution is 7.07. The van der Waals surface area contributed by atoms with Crippen LogP contribution in [0.2, 0.25) is 0 Å². The number of esters is 1. The first-order chi connectivity index (χ1) is 17.9. The summed E-state index contributed by atoms with van der Waals surface area (Å²) >= 11 is 1.25. The van der Waals surface area contributed by atoms with Crippen molar-refractivity contribution >= 4 is 29.3 Å². The Morgan fingerprint density at radius 2 is 1.86 bits per heavy atom. The summed E-state index contributed by atoms with van der Waals surface area (Å²) in [7, 11) is 3.09. The molecule has 196 valence electrons. The molecule has 4 rings (SSSR count). The number of hydrogen-bond donors (Lipinski definition) is 0. The molecule has 0 aliphatic carbocycles. The molecule has 0 saturated carbocycles. The van der Waals surface area contributed by atoms with E-state index >= 15 is 0 Å². The Morgan fingerprint density at radius 3 is 2.51 bits per heavy atom. The van der Waals surface area contributed by atoms with Gasteiger partial charge in [-0.25, -0.2) is 9.79 Å². The van der Waals surface area contributed by atoms with Crippen LogP contribution in [0.3, 0.4) is 0 Å². The van der Waals surface area contributed by atoms with Crippen LogP contribution in [0.5, 0.6) is 11.5 Å². The Balaban J connectivity index is 1.90. The maximum atomic E-state index is 13.8. The normalized spacial score (nSPS) is 15.3. The number of nitrogens with zero attached hydrogens (tertiary/aromatic N) is 3. The summed E-state index contributed by atoms with van der Waals surface area (Å²) in [4.78, 5) is 34.0. The lowest BCUT2D eigenvalue weighted by atomic mass is 9.95. The van der Waals surface area contributed by atoms with Crippen LogP contribution < -0.4 is 29.3 Å². The van der Waals surface area contributed by atoms with E-state index < -0.39 is 12.0 Å². The number of carbonyl (C=O) groups excluding carboxylic acids is 1. The van der Waals surface area contributed by atoms with Crippen LogP contribution >= 0.6 is 11.3 Å². The molecule has 1 atom stereocenters. The van der Waals surface area contributed by atoms with Crippen molar-refractivity contribution in [3.63, 3.8) is 0 Å². The second-order valence-corrected chi connectivity index (χ2v) is 9.27. The fourth-order valence-corrected chi connectivity index (χ4v) is 5.41. The summed E-state index contributed by atoms with van der Waals surface area (Å²) in [5.74, 6) is 1.81. The molecule has 0 unspecified atom stereocenters. The van der Waals surface area contributed by atoms with Crippen molar-refractivity contribution in [3.05, 3.63) is 72.6 Å². The molecule has 0 amide bonds. The molecule has 1 aliphatic heterocycles. The molecule has 1 aromatic carbocycles. The van der Waals surface area contributed by atoms with E-state index in [1.54, 1.807) is 39.2 Å². The van der Waals surface area contributed by atoms with Crippen molar-refractivity contribution in [2.45, 2.75) is 33.7 Å². The third-order valence-corrected chi connectivity index (χ3v) is 7.18. The molecule has 0 fully saturated rings. The average molecular weight is 526 g/mol. The smallest absolute Gasteiger partial charge is 0.338 e. The minimum Gasteiger partial charge on any atom is -0.493 e. The highest BCUT2D eigenvalue weighted by Gasteiger charge is 2.34. The number of benzene rings is 1. The van der Waals surface area contributed by atoms with E-state index in [2.05, 4.69) is 23.7 Å². The number of fused-ring (bicyclic) bond motifs is 1. The zero-order chi connectivity index (χ0) is 26.7. The fraction of sp³-hybridized carbons (Fsp3) is 0.370. The Hall–Kier alpha value is -3.79. The van der Waals surface area contributed by atoms with Crippen LogP contribution in [0.1, 0.15) is 45.1 Å². The van der Waals surface area contributed by atoms with E-state index in [0.29, 0.717) is 43.4 Å². The minimum absolute atomic E-state index is 0.200. The van der Waals surface area contributed by atoms with E-state index in [-0.39, 0.29) is 12.2 Å². The Kier molecular flexibility index (Phi) is 7.87. The topological polar surface area (TPSA) is 95.5 Å². The number of aromatic nitrogens is 1. The quantitative estimate of drug-likeness (QED) is 0.396. The van der Waals surface area contributed by atoms with Crippen LogP contribution in [0.4, 0.5) is 5.88 Å². The van der Waals surface area contributed by atoms with Crippen molar-refractivity contribution in [1.29, 1.82) is 0 Å². The molecule has 37 heavy (non-hydrogen) atoms. The molecule has 0 spiro atoms. The summed E-state index contributed by atoms with van der Waals surface area (Å²) in [6, 6.07) is 8.31. The van der Waals surface area contributed by atoms with Gasteiger partial charge in [-0.15, -0.1) is 0 Å². The predicted octanol–water partition coefficient (Wildman–Crippen LogP) is 3.25. The van der Waals surface area contributed by atoms with Crippen LogP contribution in [-0.2, 0) is 9.53 Å². The van der Waals surface area contributed by atoms with Gasteiger partial charge in [0.2, 0.25) is 0 Å². The molecule has 0 saturated heterocycles. The van der Waals surface area contributed by atoms with Crippen molar-refractivity contribution in [3.8, 4) is 11.5 Å². The number of thiazole rings is 1. The molecule has 1 aliphatic rings. The molecule has 0 radical (unpaired) electrons. The molecule has 0 bridgehead atoms. The van der Waals surface area contributed by atoms with Crippen LogP contribution in [0.15, 0.2) is 55.8 Å². The van der Waals surface area contributed by atoms with E-state index in [1.165, 1.54) is 23.0 Å². The Morgan fingerprint density at radius 1 is 1.14 bits per heavy atom. The van der Waals surface area contributed by atoms with Gasteiger partial charge >= 0.3 is 5.97 Å². The van der Waals surface area contributed by atoms with E-state index in [0.717, 1.165) is 19.0 Å². The van der Waals surface area contributed by atoms with E-state index in [4.69, 9.17) is 18.6 Å². The second kappa shape index (κ2) is 11.1. The van der Waals surface area contributed by atoms with Gasteiger partial charge < -0.3 is 23.5 Å². The summed E-state index contributed by atoms with van der Waals surface area (Å²) < 4.78 is 24.2. The maximum Gasteiger partial charge on any atom is 0.338 e. The fourth-order valence-electron chi connectivity index (χ4n) is 4.38. The van der Waals surface area contributed by atoms with Gasteiger partial charge in [-0.1, -0.05) is 17.4 Å². The highest BCUT2D eigenvalue weighted by atomic mass is 32.1. The summed E-state index contributed by atoms with van der Waals surface area (Å²) in [6.45, 7) is 9.43. The van der Waals surface area contributed by atoms with Crippen LogP contribution in [-0.4, -0.2) is 44.5 Å². The average Bonchev–Trinajstić information content (AvgIpc) is 3.47. The van der Waals surface area contributed by atoms with Gasteiger partial charge in [0.05, 0.1) is 42.7 Å². The summed E-state index contributed by atoms with van der Waals surface area (Å²) in [6.07, 6.45) is 1.71. The van der Waals surface area contributed by atoms with Gasteiger partial charge in [-0.2, -0.15) is 0 Å². The van der Waals surface area contributed by atoms with Gasteiger partial charge in [0.25, 0.3) is 5.56 Å². The van der Waals surface area contributed by atoms with Gasteiger partial charge in [-0.3, -0.25) is 9.36 Å². The second-order valence-electron chi connectivity index (χ2n) is 8.26. The van der Waals surface area contributed by atoms with Crippen molar-refractivity contribution in [2.24, 2.45) is 4.99 Å². The van der Waals surface area contributed by atoms with Gasteiger partial charge in [0, 0.05) is 25.2 Å². The van der Waals surface area contributed by atoms with Crippen molar-refractivity contribution in [2.75, 3.05) is 38.8 Å². The molecule has 2 aromatic heterocycles. The minimum atomic E-state index is -0.750. The van der Waals surface area contributed by atoms with E-state index in [1.807, 2.05) is 18.2 Å².